The van der Waals surface area contributed by atoms with Crippen LogP contribution in [0.2, 0.25) is 0 Å². The lowest BCUT2D eigenvalue weighted by molar-refractivity contribution is 0.322. The number of para-hydroxylation sites is 1. The molecule has 10 heteroatoms. The summed E-state index contributed by atoms with van der Waals surface area (Å²) in [5.41, 5.74) is 0.901. The third-order valence-corrected chi connectivity index (χ3v) is 7.70. The minimum atomic E-state index is -3.94. The smallest absolute Gasteiger partial charge is 0.333 e. The van der Waals surface area contributed by atoms with Crippen molar-refractivity contribution in [3.05, 3.63) is 98.7 Å². The number of hydrogen-bond donors (Lipinski definition) is 2. The topological polar surface area (TPSA) is 125 Å². The summed E-state index contributed by atoms with van der Waals surface area (Å²) in [4.78, 5) is 28.7. The zero-order valence-corrected chi connectivity index (χ0v) is 18.7. The summed E-state index contributed by atoms with van der Waals surface area (Å²) in [6, 6.07) is 17.9. The molecule has 0 amide bonds. The molecule has 3 aromatic carbocycles. The number of fused-ring (bicyclic) bond motifs is 2. The van der Waals surface area contributed by atoms with E-state index in [1.54, 1.807) is 30.3 Å². The molecule has 1 aliphatic heterocycles. The Hall–Kier alpha value is -4.18. The fourth-order valence-electron chi connectivity index (χ4n) is 4.35. The third-order valence-electron chi connectivity index (χ3n) is 5.89. The van der Waals surface area contributed by atoms with Crippen LogP contribution in [0.15, 0.2) is 86.4 Å². The summed E-state index contributed by atoms with van der Waals surface area (Å²) < 4.78 is 29.4. The maximum atomic E-state index is 13.6. The Morgan fingerprint density at radius 2 is 1.79 bits per heavy atom. The summed E-state index contributed by atoms with van der Waals surface area (Å²) in [7, 11) is -3.94. The van der Waals surface area contributed by atoms with Crippen LogP contribution in [0.1, 0.15) is 17.5 Å². The van der Waals surface area contributed by atoms with E-state index in [0.717, 1.165) is 22.8 Å². The Kier molecular flexibility index (Phi) is 5.29. The van der Waals surface area contributed by atoms with E-state index in [1.165, 1.54) is 28.6 Å². The molecule has 34 heavy (non-hydrogen) atoms. The number of nitrogens with one attached hydrogen (secondary N) is 1. The summed E-state index contributed by atoms with van der Waals surface area (Å²) in [6.45, 7) is 0.337. The van der Waals surface area contributed by atoms with E-state index in [1.807, 2.05) is 12.1 Å². The first kappa shape index (κ1) is 21.7. The minimum Gasteiger partial charge on any atom is -0.411 e. The number of nitrogens with zero attached hydrogens (tertiary/aromatic N) is 3. The average molecular weight is 477 g/mol. The normalized spacial score (nSPS) is 13.9. The fraction of sp³-hybridized carbons (Fsp3) is 0.125. The second kappa shape index (κ2) is 8.31. The summed E-state index contributed by atoms with van der Waals surface area (Å²) in [5, 5.41) is 12.1. The molecular formula is C24H20N4O5S. The average Bonchev–Trinajstić information content (AvgIpc) is 2.84. The number of aryl methyl sites for hydroxylation is 1. The van der Waals surface area contributed by atoms with Crippen LogP contribution in [0.25, 0.3) is 16.6 Å². The number of rotatable bonds is 4. The molecule has 172 valence electrons. The highest BCUT2D eigenvalue weighted by atomic mass is 32.2. The molecule has 5 rings (SSSR count). The SMILES string of the molecule is O=c1[nH]c2cccc(/C=N/O)c2c(=O)n1-c1cccc(S(=O)(=O)N2CCCc3ccccc32)c1. The Morgan fingerprint density at radius 3 is 2.62 bits per heavy atom. The maximum Gasteiger partial charge on any atom is 0.333 e. The lowest BCUT2D eigenvalue weighted by atomic mass is 10.0. The van der Waals surface area contributed by atoms with Gasteiger partial charge in [0.05, 0.1) is 33.4 Å². The van der Waals surface area contributed by atoms with E-state index < -0.39 is 21.3 Å². The second-order valence-corrected chi connectivity index (χ2v) is 9.75. The van der Waals surface area contributed by atoms with Gasteiger partial charge in [-0.25, -0.2) is 17.8 Å². The Balaban J connectivity index is 1.67. The molecule has 1 aromatic heterocycles. The second-order valence-electron chi connectivity index (χ2n) is 7.89. The van der Waals surface area contributed by atoms with E-state index >= 15 is 0 Å². The van der Waals surface area contributed by atoms with Crippen LogP contribution in [-0.4, -0.2) is 35.9 Å². The van der Waals surface area contributed by atoms with Gasteiger partial charge in [-0.3, -0.25) is 9.10 Å². The van der Waals surface area contributed by atoms with Crippen molar-refractivity contribution in [1.82, 2.24) is 9.55 Å². The van der Waals surface area contributed by atoms with Gasteiger partial charge in [0.15, 0.2) is 0 Å². The summed E-state index contributed by atoms with van der Waals surface area (Å²) >= 11 is 0. The van der Waals surface area contributed by atoms with Gasteiger partial charge in [0.25, 0.3) is 15.6 Å². The van der Waals surface area contributed by atoms with Crippen LogP contribution in [0, 0.1) is 0 Å². The Morgan fingerprint density at radius 1 is 1.00 bits per heavy atom. The van der Waals surface area contributed by atoms with E-state index in [-0.39, 0.29) is 21.5 Å². The molecule has 0 atom stereocenters. The highest BCUT2D eigenvalue weighted by molar-refractivity contribution is 7.92. The van der Waals surface area contributed by atoms with Gasteiger partial charge in [-0.15, -0.1) is 0 Å². The molecule has 0 spiro atoms. The molecule has 2 heterocycles. The predicted molar refractivity (Wildman–Crippen MR) is 129 cm³/mol. The molecule has 0 unspecified atom stereocenters. The molecule has 0 bridgehead atoms. The lowest BCUT2D eigenvalue weighted by Gasteiger charge is -2.30. The molecule has 0 aliphatic carbocycles. The van der Waals surface area contributed by atoms with Gasteiger partial charge in [-0.2, -0.15) is 0 Å². The molecule has 1 aliphatic rings. The van der Waals surface area contributed by atoms with Gasteiger partial charge in [-0.1, -0.05) is 41.6 Å². The van der Waals surface area contributed by atoms with Crippen molar-refractivity contribution in [3.63, 3.8) is 0 Å². The van der Waals surface area contributed by atoms with Crippen molar-refractivity contribution in [2.45, 2.75) is 17.7 Å². The highest BCUT2D eigenvalue weighted by Crippen LogP contribution is 2.32. The number of hydrogen-bond acceptors (Lipinski definition) is 6. The number of H-pyrrole nitrogens is 1. The number of anilines is 1. The molecule has 9 nitrogen and oxygen atoms in total. The number of sulfonamides is 1. The fourth-order valence-corrected chi connectivity index (χ4v) is 5.93. The van der Waals surface area contributed by atoms with Crippen molar-refractivity contribution in [3.8, 4) is 5.69 Å². The van der Waals surface area contributed by atoms with Gasteiger partial charge in [0, 0.05) is 12.1 Å². The van der Waals surface area contributed by atoms with E-state index in [0.29, 0.717) is 24.2 Å². The van der Waals surface area contributed by atoms with Gasteiger partial charge < -0.3 is 10.2 Å². The lowest BCUT2D eigenvalue weighted by Crippen LogP contribution is -2.36. The van der Waals surface area contributed by atoms with E-state index in [4.69, 9.17) is 5.21 Å². The van der Waals surface area contributed by atoms with E-state index in [9.17, 15) is 18.0 Å². The first-order valence-corrected chi connectivity index (χ1v) is 12.0. The number of benzene rings is 3. The molecule has 4 aromatic rings. The number of aromatic nitrogens is 2. The monoisotopic (exact) mass is 476 g/mol. The highest BCUT2D eigenvalue weighted by Gasteiger charge is 2.29. The van der Waals surface area contributed by atoms with Crippen molar-refractivity contribution in [2.75, 3.05) is 10.8 Å². The van der Waals surface area contributed by atoms with Crippen molar-refractivity contribution in [1.29, 1.82) is 0 Å². The van der Waals surface area contributed by atoms with Crippen LogP contribution in [-0.2, 0) is 16.4 Å². The van der Waals surface area contributed by atoms with Gasteiger partial charge in [-0.05, 0) is 48.7 Å². The van der Waals surface area contributed by atoms with Crippen molar-refractivity contribution in [2.24, 2.45) is 5.16 Å². The molecule has 0 saturated carbocycles. The van der Waals surface area contributed by atoms with Crippen LogP contribution in [0.4, 0.5) is 5.69 Å². The zero-order valence-electron chi connectivity index (χ0n) is 17.9. The van der Waals surface area contributed by atoms with Crippen LogP contribution in [0.3, 0.4) is 0 Å². The standard InChI is InChI=1S/C24H20N4O5S/c29-23-22-17(15-25-31)7-3-11-20(22)26-24(30)28(23)18-9-4-10-19(14-18)34(32,33)27-13-5-8-16-6-1-2-12-21(16)27/h1-4,6-7,9-12,14-15,31H,5,8,13H2,(H,26,30)/b25-15+. The summed E-state index contributed by atoms with van der Waals surface area (Å²) in [5.74, 6) is 0. The minimum absolute atomic E-state index is 0.0293. The zero-order chi connectivity index (χ0) is 23.9. The van der Waals surface area contributed by atoms with Gasteiger partial charge in [0.2, 0.25) is 0 Å². The van der Waals surface area contributed by atoms with Crippen LogP contribution < -0.4 is 15.6 Å². The van der Waals surface area contributed by atoms with Gasteiger partial charge >= 0.3 is 5.69 Å². The first-order chi connectivity index (χ1) is 16.4. The number of oxime groups is 1. The van der Waals surface area contributed by atoms with Crippen LogP contribution in [0.5, 0.6) is 0 Å². The predicted octanol–water partition coefficient (Wildman–Crippen LogP) is 2.63. The van der Waals surface area contributed by atoms with Crippen molar-refractivity contribution >= 4 is 32.8 Å². The largest absolute Gasteiger partial charge is 0.411 e. The Labute approximate surface area is 194 Å². The maximum absolute atomic E-state index is 13.6. The Bertz CT molecular complexity index is 1670. The number of aromatic amines is 1. The van der Waals surface area contributed by atoms with Gasteiger partial charge in [0.1, 0.15) is 0 Å². The molecule has 0 fully saturated rings. The summed E-state index contributed by atoms with van der Waals surface area (Å²) in [6.07, 6.45) is 2.58. The molecule has 2 N–H and O–H groups in total. The quantitative estimate of drug-likeness (QED) is 0.266. The van der Waals surface area contributed by atoms with Crippen LogP contribution >= 0.6 is 0 Å². The molecule has 0 radical (unpaired) electrons. The first-order valence-electron chi connectivity index (χ1n) is 10.6. The molecular weight excluding hydrogens is 456 g/mol. The molecule has 0 saturated heterocycles. The third kappa shape index (κ3) is 3.48. The van der Waals surface area contributed by atoms with E-state index in [2.05, 4.69) is 10.1 Å². The van der Waals surface area contributed by atoms with Crippen molar-refractivity contribution < 1.29 is 13.6 Å².